The van der Waals surface area contributed by atoms with Crippen molar-refractivity contribution in [1.82, 2.24) is 9.13 Å². The third-order valence-corrected chi connectivity index (χ3v) is 9.41. The van der Waals surface area contributed by atoms with Gasteiger partial charge in [-0.15, -0.1) is 0 Å². The number of rotatable bonds is 4. The quantitative estimate of drug-likeness (QED) is 0.199. The summed E-state index contributed by atoms with van der Waals surface area (Å²) in [7, 11) is 0. The van der Waals surface area contributed by atoms with Crippen LogP contribution < -0.4 is 0 Å². The minimum atomic E-state index is 0.513. The maximum absolute atomic E-state index is 10.6. The van der Waals surface area contributed by atoms with E-state index in [-0.39, 0.29) is 0 Å². The van der Waals surface area contributed by atoms with Gasteiger partial charge in [-0.25, -0.2) is 0 Å². The molecule has 9 aromatic rings. The Morgan fingerprint density at radius 2 is 0.896 bits per heavy atom. The lowest BCUT2D eigenvalue weighted by atomic mass is 9.91. The van der Waals surface area contributed by atoms with Crippen LogP contribution in [0.5, 0.6) is 0 Å². The minimum absolute atomic E-state index is 0.513. The van der Waals surface area contributed by atoms with Gasteiger partial charge in [0, 0.05) is 38.4 Å². The predicted octanol–water partition coefficient (Wildman–Crippen LogP) is 11.0. The summed E-state index contributed by atoms with van der Waals surface area (Å²) in [6.07, 6.45) is 0. The number of fused-ring (bicyclic) bond motifs is 6. The molecule has 7 aromatic carbocycles. The van der Waals surface area contributed by atoms with E-state index in [2.05, 4.69) is 137 Å². The average Bonchev–Trinajstić information content (AvgIpc) is 3.67. The van der Waals surface area contributed by atoms with Gasteiger partial charge in [0.05, 0.1) is 51.0 Å². The summed E-state index contributed by atoms with van der Waals surface area (Å²) in [6, 6.07) is 58.8. The fourth-order valence-corrected chi connectivity index (χ4v) is 7.34. The van der Waals surface area contributed by atoms with Crippen molar-refractivity contribution in [1.29, 1.82) is 10.5 Å². The van der Waals surface area contributed by atoms with Crippen LogP contribution in [-0.2, 0) is 0 Å². The normalized spacial score (nSPS) is 11.3. The first kappa shape index (κ1) is 27.4. The molecule has 2 aromatic heterocycles. The Balaban J connectivity index is 1.22. The first-order valence-corrected chi connectivity index (χ1v) is 15.9. The monoisotopic (exact) mass is 610 g/mol. The predicted molar refractivity (Wildman–Crippen MR) is 195 cm³/mol. The van der Waals surface area contributed by atoms with Gasteiger partial charge in [0.1, 0.15) is 0 Å². The van der Waals surface area contributed by atoms with E-state index in [9.17, 15) is 10.5 Å². The largest absolute Gasteiger partial charge is 0.309 e. The van der Waals surface area contributed by atoms with E-state index in [1.54, 1.807) is 0 Å². The standard InChI is InChI=1S/C44H26N4/c45-27-31-12-10-22-43(48-41-20-7-3-16-37(41)38-17-4-8-21-42(38)48)44(31)34-24-23-30(25-32(34)28-46)29-11-9-13-33(26-29)47-39-18-5-1-14-35(39)36-15-2-6-19-40(36)47/h1-26H. The summed E-state index contributed by atoms with van der Waals surface area (Å²) < 4.78 is 4.51. The molecule has 0 N–H and O–H groups in total. The molecule has 222 valence electrons. The fraction of sp³-hybridized carbons (Fsp3) is 0. The van der Waals surface area contributed by atoms with Crippen molar-refractivity contribution in [3.05, 3.63) is 169 Å². The summed E-state index contributed by atoms with van der Waals surface area (Å²) in [5, 5.41) is 25.6. The van der Waals surface area contributed by atoms with Crippen molar-refractivity contribution in [2.75, 3.05) is 0 Å². The van der Waals surface area contributed by atoms with Crippen LogP contribution in [-0.4, -0.2) is 9.13 Å². The second-order valence-corrected chi connectivity index (χ2v) is 12.0. The van der Waals surface area contributed by atoms with Crippen molar-refractivity contribution in [3.8, 4) is 45.8 Å². The molecule has 0 saturated heterocycles. The zero-order chi connectivity index (χ0) is 32.2. The Morgan fingerprint density at radius 3 is 1.46 bits per heavy atom. The van der Waals surface area contributed by atoms with E-state index < -0.39 is 0 Å². The maximum Gasteiger partial charge on any atom is 0.0998 e. The van der Waals surface area contributed by atoms with E-state index in [1.165, 1.54) is 10.8 Å². The highest BCUT2D eigenvalue weighted by molar-refractivity contribution is 6.10. The van der Waals surface area contributed by atoms with Crippen LogP contribution in [0.2, 0.25) is 0 Å². The van der Waals surface area contributed by atoms with Gasteiger partial charge in [-0.05, 0) is 65.7 Å². The Bertz CT molecular complexity index is 2710. The van der Waals surface area contributed by atoms with Gasteiger partial charge in [-0.2, -0.15) is 10.5 Å². The summed E-state index contributed by atoms with van der Waals surface area (Å²) in [5.41, 5.74) is 10.8. The first-order valence-electron chi connectivity index (χ1n) is 15.9. The number of benzene rings is 7. The number of nitriles is 2. The molecule has 2 heterocycles. The SMILES string of the molecule is N#Cc1cc(-c2cccc(-n3c4ccccc4c4ccccc43)c2)ccc1-c1c(C#N)cccc1-n1c2ccccc2c2ccccc21. The second kappa shape index (κ2) is 10.9. The molecule has 4 heteroatoms. The topological polar surface area (TPSA) is 57.4 Å². The van der Waals surface area contributed by atoms with Crippen molar-refractivity contribution in [3.63, 3.8) is 0 Å². The van der Waals surface area contributed by atoms with Gasteiger partial charge in [0.2, 0.25) is 0 Å². The van der Waals surface area contributed by atoms with Gasteiger partial charge < -0.3 is 9.13 Å². The van der Waals surface area contributed by atoms with E-state index >= 15 is 0 Å². The molecule has 0 aliphatic rings. The number of para-hydroxylation sites is 4. The maximum atomic E-state index is 10.6. The minimum Gasteiger partial charge on any atom is -0.309 e. The summed E-state index contributed by atoms with van der Waals surface area (Å²) >= 11 is 0. The first-order chi connectivity index (χ1) is 23.7. The summed E-state index contributed by atoms with van der Waals surface area (Å²) in [4.78, 5) is 0. The lowest BCUT2D eigenvalue weighted by Gasteiger charge is -2.17. The molecule has 0 aliphatic carbocycles. The number of hydrogen-bond donors (Lipinski definition) is 0. The highest BCUT2D eigenvalue weighted by Gasteiger charge is 2.20. The van der Waals surface area contributed by atoms with Gasteiger partial charge in [-0.3, -0.25) is 0 Å². The molecule has 0 amide bonds. The Morgan fingerprint density at radius 1 is 0.396 bits per heavy atom. The fourth-order valence-electron chi connectivity index (χ4n) is 7.34. The molecule has 48 heavy (non-hydrogen) atoms. The molecule has 0 saturated carbocycles. The molecule has 0 fully saturated rings. The van der Waals surface area contributed by atoms with Gasteiger partial charge >= 0.3 is 0 Å². The molecular weight excluding hydrogens is 585 g/mol. The molecule has 0 aliphatic heterocycles. The third kappa shape index (κ3) is 4.07. The van der Waals surface area contributed by atoms with Gasteiger partial charge in [-0.1, -0.05) is 103 Å². The molecule has 0 spiro atoms. The molecule has 0 radical (unpaired) electrons. The summed E-state index contributed by atoms with van der Waals surface area (Å²) in [6.45, 7) is 0. The van der Waals surface area contributed by atoms with Gasteiger partial charge in [0.25, 0.3) is 0 Å². The number of aromatic nitrogens is 2. The van der Waals surface area contributed by atoms with Crippen LogP contribution in [0.25, 0.3) is 77.2 Å². The van der Waals surface area contributed by atoms with Crippen LogP contribution in [0.3, 0.4) is 0 Å². The average molecular weight is 611 g/mol. The zero-order valence-corrected chi connectivity index (χ0v) is 25.8. The summed E-state index contributed by atoms with van der Waals surface area (Å²) in [5.74, 6) is 0. The number of nitrogens with zero attached hydrogens (tertiary/aromatic N) is 4. The van der Waals surface area contributed by atoms with Crippen molar-refractivity contribution >= 4 is 43.6 Å². The van der Waals surface area contributed by atoms with E-state index in [0.29, 0.717) is 11.1 Å². The van der Waals surface area contributed by atoms with Crippen molar-refractivity contribution in [2.45, 2.75) is 0 Å². The molecule has 9 rings (SSSR count). The van der Waals surface area contributed by atoms with Crippen molar-refractivity contribution in [2.24, 2.45) is 0 Å². The molecular formula is C44H26N4. The van der Waals surface area contributed by atoms with Crippen molar-refractivity contribution < 1.29 is 0 Å². The lowest BCUT2D eigenvalue weighted by Crippen LogP contribution is -2.01. The van der Waals surface area contributed by atoms with Crippen LogP contribution in [0, 0.1) is 22.7 Å². The third-order valence-electron chi connectivity index (χ3n) is 9.41. The number of hydrogen-bond acceptors (Lipinski definition) is 2. The van der Waals surface area contributed by atoms with Crippen LogP contribution >= 0.6 is 0 Å². The zero-order valence-electron chi connectivity index (χ0n) is 25.8. The molecule has 0 unspecified atom stereocenters. The van der Waals surface area contributed by atoms with E-state index in [4.69, 9.17) is 0 Å². The molecule has 0 bridgehead atoms. The van der Waals surface area contributed by atoms with E-state index in [0.717, 1.165) is 66.5 Å². The second-order valence-electron chi connectivity index (χ2n) is 12.0. The highest BCUT2D eigenvalue weighted by atomic mass is 15.0. The lowest BCUT2D eigenvalue weighted by molar-refractivity contribution is 1.18. The molecule has 0 atom stereocenters. The molecule has 4 nitrogen and oxygen atoms in total. The highest BCUT2D eigenvalue weighted by Crippen LogP contribution is 2.40. The van der Waals surface area contributed by atoms with Crippen LogP contribution in [0.4, 0.5) is 0 Å². The Labute approximate surface area is 277 Å². The van der Waals surface area contributed by atoms with Gasteiger partial charge in [0.15, 0.2) is 0 Å². The van der Waals surface area contributed by atoms with E-state index in [1.807, 2.05) is 42.5 Å². The Kier molecular flexibility index (Phi) is 6.22. The smallest absolute Gasteiger partial charge is 0.0998 e. The van der Waals surface area contributed by atoms with Crippen LogP contribution in [0.1, 0.15) is 11.1 Å². The Hall–Kier alpha value is -6.88. The van der Waals surface area contributed by atoms with Crippen LogP contribution in [0.15, 0.2) is 158 Å².